The first kappa shape index (κ1) is 17.6. The van der Waals surface area contributed by atoms with Crippen molar-refractivity contribution in [2.24, 2.45) is 0 Å². The van der Waals surface area contributed by atoms with Crippen LogP contribution in [0.1, 0.15) is 19.8 Å². The zero-order valence-electron chi connectivity index (χ0n) is 10.1. The summed E-state index contributed by atoms with van der Waals surface area (Å²) in [5.41, 5.74) is 0. The van der Waals surface area contributed by atoms with Gasteiger partial charge < -0.3 is 10.4 Å². The van der Waals surface area contributed by atoms with Crippen molar-refractivity contribution in [3.63, 3.8) is 0 Å². The Labute approximate surface area is 105 Å². The average Bonchev–Trinajstić information content (AvgIpc) is 2.13. The van der Waals surface area contributed by atoms with Gasteiger partial charge in [-0.15, -0.1) is 0 Å². The molecule has 0 aliphatic rings. The van der Waals surface area contributed by atoms with E-state index in [0.717, 1.165) is 0 Å². The molecule has 0 saturated carbocycles. The molecule has 0 aromatic rings. The average molecular weight is 292 g/mol. The van der Waals surface area contributed by atoms with Crippen LogP contribution >= 0.6 is 0 Å². The highest BCUT2D eigenvalue weighted by atomic mass is 32.2. The number of hydrogen-bond acceptors (Lipinski definition) is 4. The van der Waals surface area contributed by atoms with Crippen LogP contribution in [0, 0.1) is 0 Å². The molecule has 0 heterocycles. The first-order chi connectivity index (χ1) is 8.12. The molecule has 1 unspecified atom stereocenters. The van der Waals surface area contributed by atoms with E-state index in [9.17, 15) is 21.6 Å². The summed E-state index contributed by atoms with van der Waals surface area (Å²) in [4.78, 5) is 0. The molecule has 0 amide bonds. The number of hydrogen-bond donors (Lipinski definition) is 3. The molecule has 0 spiro atoms. The highest BCUT2D eigenvalue weighted by molar-refractivity contribution is 7.89. The monoisotopic (exact) mass is 292 g/mol. The Morgan fingerprint density at radius 2 is 1.89 bits per heavy atom. The van der Waals surface area contributed by atoms with Crippen LogP contribution in [0.4, 0.5) is 13.2 Å². The van der Waals surface area contributed by atoms with E-state index in [1.807, 2.05) is 0 Å². The second kappa shape index (κ2) is 7.93. The van der Waals surface area contributed by atoms with Crippen LogP contribution in [0.5, 0.6) is 0 Å². The lowest BCUT2D eigenvalue weighted by molar-refractivity contribution is -0.134. The van der Waals surface area contributed by atoms with Gasteiger partial charge in [0.15, 0.2) is 0 Å². The third-order valence-electron chi connectivity index (χ3n) is 1.94. The molecule has 0 radical (unpaired) electrons. The lowest BCUT2D eigenvalue weighted by Gasteiger charge is -2.09. The molecule has 3 N–H and O–H groups in total. The molecule has 0 aliphatic heterocycles. The smallest absolute Gasteiger partial charge is 0.389 e. The van der Waals surface area contributed by atoms with Crippen molar-refractivity contribution >= 4 is 10.0 Å². The number of halogens is 3. The van der Waals surface area contributed by atoms with Gasteiger partial charge in [0, 0.05) is 26.1 Å². The minimum absolute atomic E-state index is 0.0844. The Morgan fingerprint density at radius 3 is 2.39 bits per heavy atom. The van der Waals surface area contributed by atoms with Crippen LogP contribution in [0.15, 0.2) is 0 Å². The minimum Gasteiger partial charge on any atom is -0.392 e. The van der Waals surface area contributed by atoms with Gasteiger partial charge in [-0.05, 0) is 13.3 Å². The molecule has 18 heavy (non-hydrogen) atoms. The van der Waals surface area contributed by atoms with Crippen molar-refractivity contribution in [3.8, 4) is 0 Å². The fraction of sp³-hybridized carbons (Fsp3) is 1.00. The van der Waals surface area contributed by atoms with Crippen molar-refractivity contribution in [1.29, 1.82) is 0 Å². The van der Waals surface area contributed by atoms with Crippen molar-refractivity contribution in [2.75, 3.05) is 25.4 Å². The van der Waals surface area contributed by atoms with Crippen molar-refractivity contribution in [3.05, 3.63) is 0 Å². The summed E-state index contributed by atoms with van der Waals surface area (Å²) in [5.74, 6) is -0.539. The Hall–Kier alpha value is -0.380. The number of alkyl halides is 3. The second-order valence-corrected chi connectivity index (χ2v) is 5.91. The van der Waals surface area contributed by atoms with E-state index in [-0.39, 0.29) is 6.54 Å². The van der Waals surface area contributed by atoms with E-state index >= 15 is 0 Å². The van der Waals surface area contributed by atoms with E-state index in [1.54, 1.807) is 6.92 Å². The molecular formula is C9H19F3N2O3S. The lowest BCUT2D eigenvalue weighted by atomic mass is 10.3. The fourth-order valence-corrected chi connectivity index (χ4v) is 2.22. The van der Waals surface area contributed by atoms with E-state index in [4.69, 9.17) is 5.11 Å². The molecule has 0 saturated heterocycles. The summed E-state index contributed by atoms with van der Waals surface area (Å²) >= 11 is 0. The first-order valence-electron chi connectivity index (χ1n) is 5.55. The molecular weight excluding hydrogens is 273 g/mol. The molecule has 1 atom stereocenters. The molecule has 0 fully saturated rings. The van der Waals surface area contributed by atoms with Crippen LogP contribution in [0.2, 0.25) is 0 Å². The van der Waals surface area contributed by atoms with Crippen LogP contribution in [0.3, 0.4) is 0 Å². The minimum atomic E-state index is -4.33. The lowest BCUT2D eigenvalue weighted by Crippen LogP contribution is -2.35. The third kappa shape index (κ3) is 12.1. The number of rotatable bonds is 9. The van der Waals surface area contributed by atoms with Crippen molar-refractivity contribution in [1.82, 2.24) is 10.0 Å². The maximum atomic E-state index is 11.8. The Balaban J connectivity index is 3.68. The summed E-state index contributed by atoms with van der Waals surface area (Å²) < 4.78 is 60.1. The molecule has 110 valence electrons. The van der Waals surface area contributed by atoms with Gasteiger partial charge in [0.25, 0.3) is 0 Å². The van der Waals surface area contributed by atoms with Gasteiger partial charge in [0.1, 0.15) is 0 Å². The zero-order chi connectivity index (χ0) is 14.2. The van der Waals surface area contributed by atoms with E-state index in [2.05, 4.69) is 10.0 Å². The number of nitrogens with one attached hydrogen (secondary N) is 2. The van der Waals surface area contributed by atoms with Gasteiger partial charge >= 0.3 is 6.18 Å². The second-order valence-electron chi connectivity index (χ2n) is 3.99. The Morgan fingerprint density at radius 1 is 1.28 bits per heavy atom. The molecule has 0 aromatic carbocycles. The predicted molar refractivity (Wildman–Crippen MR) is 61.6 cm³/mol. The molecule has 9 heteroatoms. The van der Waals surface area contributed by atoms with Crippen molar-refractivity contribution < 1.29 is 26.7 Å². The van der Waals surface area contributed by atoms with Gasteiger partial charge in [0.2, 0.25) is 10.0 Å². The quantitative estimate of drug-likeness (QED) is 0.531. The van der Waals surface area contributed by atoms with Gasteiger partial charge in [-0.1, -0.05) is 0 Å². The summed E-state index contributed by atoms with van der Waals surface area (Å²) in [7, 11) is -3.66. The third-order valence-corrected chi connectivity index (χ3v) is 3.41. The van der Waals surface area contributed by atoms with Crippen LogP contribution < -0.4 is 10.0 Å². The Bertz CT molecular complexity index is 318. The molecule has 0 bridgehead atoms. The molecule has 5 nitrogen and oxygen atoms in total. The van der Waals surface area contributed by atoms with Crippen LogP contribution in [-0.2, 0) is 10.0 Å². The maximum absolute atomic E-state index is 11.8. The van der Waals surface area contributed by atoms with Crippen molar-refractivity contribution in [2.45, 2.75) is 32.0 Å². The zero-order valence-corrected chi connectivity index (χ0v) is 10.9. The summed E-state index contributed by atoms with van der Waals surface area (Å²) in [6.07, 6.45) is -6.41. The predicted octanol–water partition coefficient (Wildman–Crippen LogP) is 0.219. The normalized spacial score (nSPS) is 14.7. The van der Waals surface area contributed by atoms with Gasteiger partial charge in [-0.3, -0.25) is 0 Å². The number of aliphatic hydroxyl groups is 1. The van der Waals surface area contributed by atoms with Crippen LogP contribution in [0.25, 0.3) is 0 Å². The number of sulfonamides is 1. The van der Waals surface area contributed by atoms with E-state index in [1.165, 1.54) is 0 Å². The van der Waals surface area contributed by atoms with E-state index < -0.39 is 40.9 Å². The van der Waals surface area contributed by atoms with Gasteiger partial charge in [0.05, 0.1) is 11.9 Å². The fourth-order valence-electron chi connectivity index (χ4n) is 1.14. The van der Waals surface area contributed by atoms with Gasteiger partial charge in [-0.25, -0.2) is 13.1 Å². The Kier molecular flexibility index (Phi) is 7.76. The maximum Gasteiger partial charge on any atom is 0.389 e. The largest absolute Gasteiger partial charge is 0.392 e. The molecule has 0 aliphatic carbocycles. The van der Waals surface area contributed by atoms with Gasteiger partial charge in [-0.2, -0.15) is 13.2 Å². The summed E-state index contributed by atoms with van der Waals surface area (Å²) in [5, 5.41) is 11.7. The highest BCUT2D eigenvalue weighted by Crippen LogP contribution is 2.21. The molecule has 0 rings (SSSR count). The SMILES string of the molecule is CC(O)CNCCNS(=O)(=O)CCCC(F)(F)F. The number of aliphatic hydroxyl groups excluding tert-OH is 1. The molecule has 0 aromatic heterocycles. The highest BCUT2D eigenvalue weighted by Gasteiger charge is 2.27. The topological polar surface area (TPSA) is 78.4 Å². The van der Waals surface area contributed by atoms with Crippen LogP contribution in [-0.4, -0.2) is 51.2 Å². The summed E-state index contributed by atoms with van der Waals surface area (Å²) in [6, 6.07) is 0. The standard InChI is InChI=1S/C9H19F3N2O3S/c1-8(15)7-13-4-5-14-18(16,17)6-2-3-9(10,11)12/h8,13-15H,2-7H2,1H3. The first-order valence-corrected chi connectivity index (χ1v) is 7.20. The van der Waals surface area contributed by atoms with E-state index in [0.29, 0.717) is 13.1 Å². The summed E-state index contributed by atoms with van der Waals surface area (Å²) in [6.45, 7) is 2.30.